The molecule has 0 radical (unpaired) electrons. The molecule has 0 heterocycles. The van der Waals surface area contributed by atoms with Gasteiger partial charge in [0.25, 0.3) is 5.91 Å². The minimum atomic E-state index is -0.794. The van der Waals surface area contributed by atoms with Gasteiger partial charge in [-0.2, -0.15) is 0 Å². The van der Waals surface area contributed by atoms with E-state index in [0.717, 1.165) is 24.6 Å². The second-order valence-electron chi connectivity index (χ2n) is 5.73. The number of anilines is 1. The van der Waals surface area contributed by atoms with Crippen LogP contribution in [0.5, 0.6) is 0 Å². The highest BCUT2D eigenvalue weighted by Crippen LogP contribution is 2.35. The number of carbonyl (C=O) groups is 1. The fourth-order valence-corrected chi connectivity index (χ4v) is 2.19. The standard InChI is InChI=1S/C16H22F2N4O2/c1-3-22(8-19)15(20)14(24-13-4-9(13)2)16(23)21-12-6-10(17)5-11(18)7-12/h5-7,9,13H,3-4,8,19-20H2,1-2H3,(H,21,23)/b15-14-. The van der Waals surface area contributed by atoms with E-state index in [-0.39, 0.29) is 30.0 Å². The van der Waals surface area contributed by atoms with Crippen molar-refractivity contribution in [3.05, 3.63) is 41.4 Å². The SMILES string of the molecule is CCN(CN)/C(N)=C(\OC1CC1C)C(=O)Nc1cc(F)cc(F)c1. The third-order valence-corrected chi connectivity index (χ3v) is 3.81. The van der Waals surface area contributed by atoms with Crippen LogP contribution in [-0.4, -0.2) is 30.1 Å². The van der Waals surface area contributed by atoms with Crippen LogP contribution in [0.4, 0.5) is 14.5 Å². The maximum atomic E-state index is 13.3. The Hall–Kier alpha value is -2.35. The van der Waals surface area contributed by atoms with Gasteiger partial charge < -0.3 is 26.4 Å². The number of hydrogen-bond donors (Lipinski definition) is 3. The van der Waals surface area contributed by atoms with E-state index in [9.17, 15) is 13.6 Å². The van der Waals surface area contributed by atoms with Crippen molar-refractivity contribution >= 4 is 11.6 Å². The molecule has 1 aromatic carbocycles. The van der Waals surface area contributed by atoms with Crippen LogP contribution in [0.2, 0.25) is 0 Å². The summed E-state index contributed by atoms with van der Waals surface area (Å²) in [6.45, 7) is 4.41. The second kappa shape index (κ2) is 7.48. The summed E-state index contributed by atoms with van der Waals surface area (Å²) < 4.78 is 32.2. The highest BCUT2D eigenvalue weighted by Gasteiger charge is 2.37. The van der Waals surface area contributed by atoms with E-state index in [2.05, 4.69) is 5.32 Å². The summed E-state index contributed by atoms with van der Waals surface area (Å²) >= 11 is 0. The lowest BCUT2D eigenvalue weighted by molar-refractivity contribution is -0.116. The van der Waals surface area contributed by atoms with E-state index in [4.69, 9.17) is 16.2 Å². The topological polar surface area (TPSA) is 93.6 Å². The van der Waals surface area contributed by atoms with E-state index in [0.29, 0.717) is 12.5 Å². The van der Waals surface area contributed by atoms with Crippen molar-refractivity contribution in [3.8, 4) is 0 Å². The zero-order chi connectivity index (χ0) is 17.9. The maximum absolute atomic E-state index is 13.3. The fourth-order valence-electron chi connectivity index (χ4n) is 2.19. The van der Waals surface area contributed by atoms with E-state index < -0.39 is 17.5 Å². The van der Waals surface area contributed by atoms with Gasteiger partial charge in [0.2, 0.25) is 5.76 Å². The molecule has 1 fully saturated rings. The molecule has 2 rings (SSSR count). The van der Waals surface area contributed by atoms with Crippen molar-refractivity contribution in [3.63, 3.8) is 0 Å². The second-order valence-corrected chi connectivity index (χ2v) is 5.73. The zero-order valence-electron chi connectivity index (χ0n) is 13.7. The normalized spacial score (nSPS) is 20.2. The Kier molecular flexibility index (Phi) is 5.61. The van der Waals surface area contributed by atoms with Gasteiger partial charge in [-0.3, -0.25) is 4.79 Å². The number of hydrogen-bond acceptors (Lipinski definition) is 5. The smallest absolute Gasteiger partial charge is 0.294 e. The Morgan fingerprint density at radius 1 is 1.38 bits per heavy atom. The molecule has 0 aliphatic heterocycles. The van der Waals surface area contributed by atoms with Crippen LogP contribution in [0.3, 0.4) is 0 Å². The van der Waals surface area contributed by atoms with Crippen molar-refractivity contribution in [2.24, 2.45) is 17.4 Å². The van der Waals surface area contributed by atoms with Crippen LogP contribution in [0.1, 0.15) is 20.3 Å². The average molecular weight is 340 g/mol. The molecule has 0 spiro atoms. The van der Waals surface area contributed by atoms with E-state index in [1.807, 2.05) is 13.8 Å². The predicted molar refractivity (Wildman–Crippen MR) is 86.3 cm³/mol. The molecule has 0 bridgehead atoms. The molecule has 1 aliphatic rings. The Morgan fingerprint density at radius 2 is 1.96 bits per heavy atom. The van der Waals surface area contributed by atoms with E-state index in [1.165, 1.54) is 0 Å². The van der Waals surface area contributed by atoms with Gasteiger partial charge in [-0.25, -0.2) is 8.78 Å². The van der Waals surface area contributed by atoms with Crippen LogP contribution < -0.4 is 16.8 Å². The fraction of sp³-hybridized carbons (Fsp3) is 0.438. The Labute approximate surface area is 139 Å². The maximum Gasteiger partial charge on any atom is 0.294 e. The molecule has 24 heavy (non-hydrogen) atoms. The van der Waals surface area contributed by atoms with Gasteiger partial charge in [-0.05, 0) is 31.4 Å². The van der Waals surface area contributed by atoms with Gasteiger partial charge in [0.15, 0.2) is 0 Å². The molecule has 1 amide bonds. The zero-order valence-corrected chi connectivity index (χ0v) is 13.7. The molecular formula is C16H22F2N4O2. The number of benzene rings is 1. The predicted octanol–water partition coefficient (Wildman–Crippen LogP) is 1.69. The lowest BCUT2D eigenvalue weighted by atomic mass is 10.3. The Balaban J connectivity index is 2.25. The van der Waals surface area contributed by atoms with Crippen molar-refractivity contribution in [2.75, 3.05) is 18.5 Å². The van der Waals surface area contributed by atoms with Crippen LogP contribution in [0, 0.1) is 17.6 Å². The number of carbonyl (C=O) groups excluding carboxylic acids is 1. The molecule has 8 heteroatoms. The lowest BCUT2D eigenvalue weighted by Gasteiger charge is -2.23. The number of halogens is 2. The molecular weight excluding hydrogens is 318 g/mol. The highest BCUT2D eigenvalue weighted by atomic mass is 19.1. The largest absolute Gasteiger partial charge is 0.482 e. The van der Waals surface area contributed by atoms with Crippen LogP contribution in [0.15, 0.2) is 29.8 Å². The van der Waals surface area contributed by atoms with Gasteiger partial charge in [0, 0.05) is 18.3 Å². The van der Waals surface area contributed by atoms with Gasteiger partial charge in [0.1, 0.15) is 23.6 Å². The first kappa shape index (κ1) is 18.0. The van der Waals surface area contributed by atoms with Crippen LogP contribution in [-0.2, 0) is 9.53 Å². The van der Waals surface area contributed by atoms with Crippen molar-refractivity contribution in [1.29, 1.82) is 0 Å². The molecule has 2 atom stereocenters. The molecule has 0 saturated heterocycles. The summed E-state index contributed by atoms with van der Waals surface area (Å²) in [5.41, 5.74) is 11.6. The molecule has 1 aliphatic carbocycles. The van der Waals surface area contributed by atoms with Gasteiger partial charge in [0.05, 0.1) is 6.67 Å². The number of rotatable bonds is 7. The molecule has 5 N–H and O–H groups in total. The minimum absolute atomic E-state index is 0.0222. The Bertz CT molecular complexity index is 627. The first-order valence-corrected chi connectivity index (χ1v) is 7.74. The minimum Gasteiger partial charge on any atom is -0.482 e. The van der Waals surface area contributed by atoms with Crippen LogP contribution in [0.25, 0.3) is 0 Å². The van der Waals surface area contributed by atoms with Gasteiger partial charge >= 0.3 is 0 Å². The summed E-state index contributed by atoms with van der Waals surface area (Å²) in [6.07, 6.45) is 0.706. The first-order chi connectivity index (χ1) is 11.3. The number of nitrogens with one attached hydrogen (secondary N) is 1. The molecule has 1 saturated carbocycles. The number of ether oxygens (including phenoxy) is 1. The number of nitrogens with two attached hydrogens (primary N) is 2. The molecule has 1 aromatic rings. The molecule has 0 aromatic heterocycles. The first-order valence-electron chi connectivity index (χ1n) is 7.74. The summed E-state index contributed by atoms with van der Waals surface area (Å²) in [5.74, 6) is -1.95. The molecule has 132 valence electrons. The average Bonchev–Trinajstić information content (AvgIpc) is 3.20. The summed E-state index contributed by atoms with van der Waals surface area (Å²) in [7, 11) is 0. The summed E-state index contributed by atoms with van der Waals surface area (Å²) in [6, 6.07) is 2.74. The summed E-state index contributed by atoms with van der Waals surface area (Å²) in [5, 5.41) is 2.41. The quantitative estimate of drug-likeness (QED) is 0.399. The van der Waals surface area contributed by atoms with E-state index >= 15 is 0 Å². The van der Waals surface area contributed by atoms with Crippen molar-refractivity contribution in [2.45, 2.75) is 26.4 Å². The van der Waals surface area contributed by atoms with Crippen molar-refractivity contribution < 1.29 is 18.3 Å². The number of amides is 1. The van der Waals surface area contributed by atoms with E-state index in [1.54, 1.807) is 4.90 Å². The third kappa shape index (κ3) is 4.35. The number of nitrogens with zero attached hydrogens (tertiary/aromatic N) is 1. The summed E-state index contributed by atoms with van der Waals surface area (Å²) in [4.78, 5) is 14.1. The Morgan fingerprint density at radius 3 is 2.42 bits per heavy atom. The van der Waals surface area contributed by atoms with Crippen LogP contribution >= 0.6 is 0 Å². The van der Waals surface area contributed by atoms with Gasteiger partial charge in [-0.15, -0.1) is 0 Å². The highest BCUT2D eigenvalue weighted by molar-refractivity contribution is 6.02. The van der Waals surface area contributed by atoms with Crippen molar-refractivity contribution in [1.82, 2.24) is 4.90 Å². The molecule has 6 nitrogen and oxygen atoms in total. The third-order valence-electron chi connectivity index (χ3n) is 3.81. The lowest BCUT2D eigenvalue weighted by Crippen LogP contribution is -2.36. The van der Waals surface area contributed by atoms with Gasteiger partial charge in [-0.1, -0.05) is 6.92 Å². The monoisotopic (exact) mass is 340 g/mol. The molecule has 2 unspecified atom stereocenters.